The van der Waals surface area contributed by atoms with Crippen molar-refractivity contribution in [2.24, 2.45) is 0 Å². The van der Waals surface area contributed by atoms with Crippen molar-refractivity contribution in [1.82, 2.24) is 9.80 Å². The van der Waals surface area contributed by atoms with Gasteiger partial charge in [0.05, 0.1) is 26.2 Å². The number of carboxylic acids is 4. The third kappa shape index (κ3) is 16.2. The maximum Gasteiger partial charge on any atom is 1.00 e. The molecule has 0 atom stereocenters. The molecule has 0 bridgehead atoms. The van der Waals surface area contributed by atoms with Crippen molar-refractivity contribution in [3.8, 4) is 0 Å². The Bertz CT molecular complexity index is 335. The van der Waals surface area contributed by atoms with Crippen LogP contribution in [0.3, 0.4) is 0 Å². The normalized spacial score (nSPS) is 9.73. The minimum Gasteiger partial charge on any atom is -0.480 e. The van der Waals surface area contributed by atoms with Gasteiger partial charge in [-0.05, 0) is 0 Å². The monoisotopic (exact) mass is 340 g/mol. The molecule has 0 saturated heterocycles. The summed E-state index contributed by atoms with van der Waals surface area (Å²) in [4.78, 5) is 44.4. The van der Waals surface area contributed by atoms with Crippen molar-refractivity contribution in [2.75, 3.05) is 39.3 Å². The zero-order chi connectivity index (χ0) is 15.7. The minimum atomic E-state index is -1.23. The molecule has 0 aliphatic heterocycles. The van der Waals surface area contributed by atoms with E-state index in [1.807, 2.05) is 0 Å². The van der Waals surface area contributed by atoms with Crippen molar-refractivity contribution >= 4 is 23.9 Å². The van der Waals surface area contributed by atoms with E-state index in [0.29, 0.717) is 0 Å². The van der Waals surface area contributed by atoms with E-state index in [1.165, 1.54) is 0 Å². The van der Waals surface area contributed by atoms with Crippen molar-refractivity contribution in [3.05, 3.63) is 0 Å². The molecular weight excluding hydrogens is 322 g/mol. The number of carbonyl (C=O) groups is 4. The van der Waals surface area contributed by atoms with E-state index in [1.54, 1.807) is 0 Å². The van der Waals surface area contributed by atoms with Gasteiger partial charge in [-0.2, -0.15) is 0 Å². The molecule has 0 unspecified atom stereocenters. The molecule has 4 N–H and O–H groups in total. The van der Waals surface area contributed by atoms with E-state index in [4.69, 9.17) is 20.4 Å². The standard InChI is InChI=1S/C10H16N2O8.2Na/c13-7(14)3-11(4-8(15)16)1-2-12(5-9(17)18)6-10(19)20;;/h1-6H2,(H,13,14)(H,15,16)(H,17,18)(H,19,20);;/q;2*+1/p+2. The van der Waals surface area contributed by atoms with E-state index >= 15 is 0 Å². The van der Waals surface area contributed by atoms with E-state index < -0.39 is 50.1 Å². The molecule has 0 aliphatic rings. The summed E-state index contributed by atoms with van der Waals surface area (Å²) in [6.45, 7) is -2.25. The second-order valence-corrected chi connectivity index (χ2v) is 4.00. The Labute approximate surface area is 173 Å². The van der Waals surface area contributed by atoms with Crippen LogP contribution in [0.25, 0.3) is 0 Å². The third-order valence-corrected chi connectivity index (χ3v) is 2.17. The summed E-state index contributed by atoms with van der Waals surface area (Å²) < 4.78 is 0. The SMILES string of the molecule is O=C(O)CN(CCN(CC(=O)O)CC(=O)O)CC(=O)O.[H+].[H+].[Na+].[Na+]. The third-order valence-electron chi connectivity index (χ3n) is 2.17. The van der Waals surface area contributed by atoms with Gasteiger partial charge in [0.1, 0.15) is 0 Å². The summed E-state index contributed by atoms with van der Waals surface area (Å²) in [7, 11) is 0. The molecule has 12 heteroatoms. The van der Waals surface area contributed by atoms with Gasteiger partial charge in [-0.3, -0.25) is 29.0 Å². The van der Waals surface area contributed by atoms with Crippen molar-refractivity contribution in [2.45, 2.75) is 0 Å². The zero-order valence-corrected chi connectivity index (χ0v) is 16.6. The van der Waals surface area contributed by atoms with Crippen molar-refractivity contribution in [3.63, 3.8) is 0 Å². The molecule has 0 amide bonds. The number of nitrogens with zero attached hydrogens (tertiary/aromatic N) is 2. The summed E-state index contributed by atoms with van der Waals surface area (Å²) in [6.07, 6.45) is 0. The molecule has 10 nitrogen and oxygen atoms in total. The number of hydrogen-bond acceptors (Lipinski definition) is 6. The molecule has 0 saturated carbocycles. The summed E-state index contributed by atoms with van der Waals surface area (Å²) >= 11 is 0. The van der Waals surface area contributed by atoms with Gasteiger partial charge in [-0.15, -0.1) is 0 Å². The van der Waals surface area contributed by atoms with Crippen LogP contribution in [0.15, 0.2) is 0 Å². The van der Waals surface area contributed by atoms with Gasteiger partial charge in [0.2, 0.25) is 0 Å². The molecule has 0 fully saturated rings. The Hall–Kier alpha value is -0.200. The van der Waals surface area contributed by atoms with Gasteiger partial charge >= 0.3 is 85.8 Å². The van der Waals surface area contributed by atoms with E-state index in [2.05, 4.69) is 0 Å². The summed E-state index contributed by atoms with van der Waals surface area (Å²) in [5.41, 5.74) is 0. The van der Waals surface area contributed by atoms with Crippen LogP contribution in [-0.2, 0) is 19.2 Å². The first-order chi connectivity index (χ1) is 9.20. The summed E-state index contributed by atoms with van der Waals surface area (Å²) in [5.74, 6) is -4.91. The second-order valence-electron chi connectivity index (χ2n) is 4.00. The smallest absolute Gasteiger partial charge is 0.480 e. The fourth-order valence-corrected chi connectivity index (χ4v) is 1.48. The summed E-state index contributed by atoms with van der Waals surface area (Å²) in [5, 5.41) is 34.5. The molecule has 114 valence electrons. The Balaban J connectivity index is -0.000000301. The van der Waals surface area contributed by atoms with Crippen LogP contribution in [0, 0.1) is 0 Å². The number of hydrogen-bond donors (Lipinski definition) is 4. The van der Waals surface area contributed by atoms with Crippen molar-refractivity contribution < 1.29 is 102 Å². The van der Waals surface area contributed by atoms with Gasteiger partial charge in [0, 0.05) is 13.1 Å². The number of rotatable bonds is 11. The first kappa shape index (κ1) is 26.7. The molecule has 0 aromatic heterocycles. The van der Waals surface area contributed by atoms with Crippen LogP contribution in [0.2, 0.25) is 0 Å². The van der Waals surface area contributed by atoms with Crippen LogP contribution in [0.1, 0.15) is 2.85 Å². The average molecular weight is 340 g/mol. The molecule has 0 rings (SSSR count). The minimum absolute atomic E-state index is 0. The van der Waals surface area contributed by atoms with Gasteiger partial charge < -0.3 is 20.4 Å². The number of aliphatic carboxylic acids is 4. The van der Waals surface area contributed by atoms with Gasteiger partial charge in [-0.1, -0.05) is 0 Å². The maximum absolute atomic E-state index is 10.6. The fraction of sp³-hybridized carbons (Fsp3) is 0.600. The Morgan fingerprint density at radius 3 is 0.909 bits per heavy atom. The van der Waals surface area contributed by atoms with Crippen LogP contribution in [0.5, 0.6) is 0 Å². The van der Waals surface area contributed by atoms with Crippen LogP contribution in [-0.4, -0.2) is 93.4 Å². The molecule has 0 spiro atoms. The molecule has 0 heterocycles. The quantitative estimate of drug-likeness (QED) is 0.266. The first-order valence-corrected chi connectivity index (χ1v) is 5.52. The Morgan fingerprint density at radius 2 is 0.773 bits per heavy atom. The Morgan fingerprint density at radius 1 is 0.591 bits per heavy atom. The van der Waals surface area contributed by atoms with Gasteiger partial charge in [-0.25, -0.2) is 0 Å². The predicted octanol–water partition coefficient (Wildman–Crippen LogP) is -7.84. The van der Waals surface area contributed by atoms with Crippen LogP contribution < -0.4 is 59.1 Å². The molecule has 0 aromatic carbocycles. The molecule has 0 aliphatic carbocycles. The van der Waals surface area contributed by atoms with E-state index in [9.17, 15) is 19.2 Å². The predicted molar refractivity (Wildman–Crippen MR) is 65.6 cm³/mol. The zero-order valence-electron chi connectivity index (χ0n) is 14.6. The Kier molecular flexibility index (Phi) is 17.5. The fourth-order valence-electron chi connectivity index (χ4n) is 1.48. The van der Waals surface area contributed by atoms with Crippen LogP contribution >= 0.6 is 0 Å². The van der Waals surface area contributed by atoms with Gasteiger partial charge in [0.25, 0.3) is 0 Å². The largest absolute Gasteiger partial charge is 1.00 e. The molecule has 22 heavy (non-hydrogen) atoms. The molecule has 0 aromatic rings. The topological polar surface area (TPSA) is 156 Å². The first-order valence-electron chi connectivity index (χ1n) is 5.52. The molecular formula is C10H18N2Na2O8+4. The van der Waals surface area contributed by atoms with Crippen LogP contribution in [0.4, 0.5) is 0 Å². The van der Waals surface area contributed by atoms with E-state index in [0.717, 1.165) is 9.80 Å². The second kappa shape index (κ2) is 14.4. The van der Waals surface area contributed by atoms with Crippen molar-refractivity contribution in [1.29, 1.82) is 0 Å². The average Bonchev–Trinajstić information content (AvgIpc) is 2.22. The summed E-state index contributed by atoms with van der Waals surface area (Å²) in [6, 6.07) is 0. The van der Waals surface area contributed by atoms with E-state index in [-0.39, 0.29) is 75.1 Å². The van der Waals surface area contributed by atoms with Gasteiger partial charge in [0.15, 0.2) is 0 Å². The maximum atomic E-state index is 10.6. The number of carboxylic acid groups (broad SMARTS) is 4. The molecule has 0 radical (unpaired) electrons.